The molecule has 2 aliphatic heterocycles. The average molecular weight is 484 g/mol. The first-order chi connectivity index (χ1) is 15.2. The molecule has 0 spiro atoms. The number of nitrogens with zero attached hydrogens (tertiary/aromatic N) is 4. The van der Waals surface area contributed by atoms with E-state index in [0.717, 1.165) is 26.5 Å². The molecule has 5 rings (SSSR count). The highest BCUT2D eigenvalue weighted by atomic mass is 32.2. The van der Waals surface area contributed by atoms with Gasteiger partial charge in [0.05, 0.1) is 16.1 Å². The summed E-state index contributed by atoms with van der Waals surface area (Å²) in [4.78, 5) is 31.7. The van der Waals surface area contributed by atoms with Crippen LogP contribution in [0.2, 0.25) is 0 Å². The molecular formula is C22H21N5O2S3. The van der Waals surface area contributed by atoms with Crippen LogP contribution in [0.3, 0.4) is 0 Å². The van der Waals surface area contributed by atoms with E-state index in [1.54, 1.807) is 6.08 Å². The molecule has 32 heavy (non-hydrogen) atoms. The summed E-state index contributed by atoms with van der Waals surface area (Å²) in [5.74, 6) is 0.457. The van der Waals surface area contributed by atoms with Crippen molar-refractivity contribution in [1.82, 2.24) is 10.3 Å². The van der Waals surface area contributed by atoms with Crippen LogP contribution >= 0.6 is 34.4 Å². The number of amides is 1. The zero-order chi connectivity index (χ0) is 22.6. The minimum atomic E-state index is -0.340. The topological polar surface area (TPSA) is 87.0 Å². The van der Waals surface area contributed by atoms with Crippen molar-refractivity contribution in [3.8, 4) is 0 Å². The van der Waals surface area contributed by atoms with Gasteiger partial charge in [-0.25, -0.2) is 4.98 Å². The molecule has 1 aromatic carbocycles. The molecule has 1 atom stereocenters. The smallest absolute Gasteiger partial charge is 0.291 e. The number of aromatic nitrogens is 1. The molecule has 2 aliphatic rings. The number of azo groups is 1. The van der Waals surface area contributed by atoms with Crippen molar-refractivity contribution in [2.75, 3.05) is 11.9 Å². The normalized spacial score (nSPS) is 21.7. The fraction of sp³-hybridized carbons (Fsp3) is 0.318. The molecule has 0 bridgehead atoms. The second-order valence-electron chi connectivity index (χ2n) is 8.59. The van der Waals surface area contributed by atoms with E-state index in [9.17, 15) is 9.59 Å². The maximum absolute atomic E-state index is 11.7. The number of thioether (sulfide) groups is 1. The third-order valence-electron chi connectivity index (χ3n) is 5.89. The first kappa shape index (κ1) is 21.3. The van der Waals surface area contributed by atoms with E-state index in [1.165, 1.54) is 33.9 Å². The van der Waals surface area contributed by atoms with Crippen LogP contribution in [0.1, 0.15) is 43.6 Å². The van der Waals surface area contributed by atoms with Crippen molar-refractivity contribution in [2.24, 2.45) is 10.2 Å². The number of rotatable bonds is 3. The van der Waals surface area contributed by atoms with Crippen LogP contribution in [0.15, 0.2) is 40.2 Å². The number of hydrogen-bond donors (Lipinski definition) is 1. The van der Waals surface area contributed by atoms with Gasteiger partial charge in [0.25, 0.3) is 5.24 Å². The minimum Gasteiger partial charge on any atom is -0.369 e. The molecule has 0 aliphatic carbocycles. The number of anilines is 1. The van der Waals surface area contributed by atoms with E-state index in [0.29, 0.717) is 28.5 Å². The molecule has 164 valence electrons. The first-order valence-corrected chi connectivity index (χ1v) is 12.6. The van der Waals surface area contributed by atoms with Gasteiger partial charge in [-0.3, -0.25) is 9.59 Å². The van der Waals surface area contributed by atoms with Gasteiger partial charge in [-0.2, -0.15) is 0 Å². The van der Waals surface area contributed by atoms with Crippen molar-refractivity contribution in [3.63, 3.8) is 0 Å². The van der Waals surface area contributed by atoms with Gasteiger partial charge in [-0.15, -0.1) is 21.6 Å². The molecule has 1 amide bonds. The Kier molecular flexibility index (Phi) is 5.18. The number of carbonyl (C=O) groups excluding carboxylic acids is 2. The minimum absolute atomic E-state index is 0.131. The van der Waals surface area contributed by atoms with Crippen molar-refractivity contribution >= 4 is 76.9 Å². The van der Waals surface area contributed by atoms with Gasteiger partial charge in [0, 0.05) is 34.9 Å². The van der Waals surface area contributed by atoms with E-state index >= 15 is 0 Å². The standard InChI is InChI=1S/C22H21N5O2S3/c1-11-10-22(2,3)27(4)16-6-5-12(7-14(11)16)25-26-20-24-18-17(31-20)9-13(30-18)8-15-19(28)32-21(29)23-15/h5-9,11H,10H2,1-4H3,(H,23,29)/b15-8+,26-25?. The Balaban J connectivity index is 1.36. The van der Waals surface area contributed by atoms with Gasteiger partial charge in [0.15, 0.2) is 0 Å². The van der Waals surface area contributed by atoms with Crippen LogP contribution < -0.4 is 10.2 Å². The summed E-state index contributed by atoms with van der Waals surface area (Å²) in [6.07, 6.45) is 2.78. The molecule has 1 fully saturated rings. The van der Waals surface area contributed by atoms with Crippen molar-refractivity contribution in [2.45, 2.75) is 38.6 Å². The number of benzene rings is 1. The van der Waals surface area contributed by atoms with Crippen molar-refractivity contribution in [3.05, 3.63) is 40.4 Å². The largest absolute Gasteiger partial charge is 0.369 e. The highest BCUT2D eigenvalue weighted by molar-refractivity contribution is 8.27. The number of carbonyl (C=O) groups is 2. The van der Waals surface area contributed by atoms with E-state index < -0.39 is 0 Å². The van der Waals surface area contributed by atoms with Crippen molar-refractivity contribution in [1.29, 1.82) is 0 Å². The van der Waals surface area contributed by atoms with Gasteiger partial charge >= 0.3 is 0 Å². The summed E-state index contributed by atoms with van der Waals surface area (Å²) >= 11 is 3.58. The molecule has 3 aromatic rings. The molecule has 1 unspecified atom stereocenters. The van der Waals surface area contributed by atoms with Gasteiger partial charge < -0.3 is 10.2 Å². The number of thiazole rings is 1. The molecule has 7 nitrogen and oxygen atoms in total. The zero-order valence-corrected chi connectivity index (χ0v) is 20.5. The second kappa shape index (κ2) is 7.79. The van der Waals surface area contributed by atoms with E-state index in [1.807, 2.05) is 12.1 Å². The van der Waals surface area contributed by atoms with Gasteiger partial charge in [-0.05, 0) is 62.1 Å². The summed E-state index contributed by atoms with van der Waals surface area (Å²) in [7, 11) is 2.15. The average Bonchev–Trinajstić information content (AvgIpc) is 3.37. The van der Waals surface area contributed by atoms with Crippen LogP contribution in [0.5, 0.6) is 0 Å². The molecule has 0 radical (unpaired) electrons. The van der Waals surface area contributed by atoms with E-state index in [-0.39, 0.29) is 15.9 Å². The van der Waals surface area contributed by atoms with Crippen LogP contribution in [-0.2, 0) is 4.79 Å². The summed E-state index contributed by atoms with van der Waals surface area (Å²) < 4.78 is 0.975. The van der Waals surface area contributed by atoms with E-state index in [4.69, 9.17) is 0 Å². The number of fused-ring (bicyclic) bond motifs is 2. The molecular weight excluding hydrogens is 462 g/mol. The Morgan fingerprint density at radius 1 is 1.22 bits per heavy atom. The highest BCUT2D eigenvalue weighted by Crippen LogP contribution is 2.44. The molecule has 0 saturated carbocycles. The first-order valence-electron chi connectivity index (χ1n) is 10.1. The fourth-order valence-electron chi connectivity index (χ4n) is 4.15. The Hall–Kier alpha value is -2.56. The lowest BCUT2D eigenvalue weighted by Crippen LogP contribution is -2.45. The maximum atomic E-state index is 11.7. The predicted octanol–water partition coefficient (Wildman–Crippen LogP) is 6.82. The predicted molar refractivity (Wildman–Crippen MR) is 133 cm³/mol. The van der Waals surface area contributed by atoms with Gasteiger partial charge in [-0.1, -0.05) is 18.3 Å². The summed E-state index contributed by atoms with van der Waals surface area (Å²) in [5, 5.41) is 11.3. The monoisotopic (exact) mass is 483 g/mol. The van der Waals surface area contributed by atoms with Gasteiger partial charge in [0.1, 0.15) is 4.83 Å². The fourth-order valence-corrected chi connectivity index (χ4v) is 6.68. The summed E-state index contributed by atoms with van der Waals surface area (Å²) in [6, 6.07) is 8.20. The lowest BCUT2D eigenvalue weighted by Gasteiger charge is -2.45. The Morgan fingerprint density at radius 3 is 2.75 bits per heavy atom. The maximum Gasteiger partial charge on any atom is 0.291 e. The van der Waals surface area contributed by atoms with E-state index in [2.05, 4.69) is 65.4 Å². The third-order valence-corrected chi connectivity index (χ3v) is 8.58. The highest BCUT2D eigenvalue weighted by Gasteiger charge is 2.34. The quantitative estimate of drug-likeness (QED) is 0.326. The summed E-state index contributed by atoms with van der Waals surface area (Å²) in [5.41, 5.74) is 3.81. The molecule has 1 saturated heterocycles. The van der Waals surface area contributed by atoms with Crippen LogP contribution in [-0.4, -0.2) is 27.9 Å². The van der Waals surface area contributed by atoms with Crippen LogP contribution in [0.4, 0.5) is 21.3 Å². The zero-order valence-electron chi connectivity index (χ0n) is 18.0. The van der Waals surface area contributed by atoms with Crippen molar-refractivity contribution < 1.29 is 9.59 Å². The molecule has 10 heteroatoms. The van der Waals surface area contributed by atoms with Crippen LogP contribution in [0, 0.1) is 0 Å². The second-order valence-corrected chi connectivity index (χ2v) is 11.6. The Labute approximate surface area is 197 Å². The Bertz CT molecular complexity index is 1290. The number of nitrogens with one attached hydrogen (secondary N) is 1. The molecule has 4 heterocycles. The summed E-state index contributed by atoms with van der Waals surface area (Å²) in [6.45, 7) is 6.81. The lowest BCUT2D eigenvalue weighted by molar-refractivity contribution is -0.107. The van der Waals surface area contributed by atoms with Gasteiger partial charge in [0.2, 0.25) is 10.2 Å². The third kappa shape index (κ3) is 3.87. The van der Waals surface area contributed by atoms with Crippen LogP contribution in [0.25, 0.3) is 15.6 Å². The molecule has 1 N–H and O–H groups in total. The SMILES string of the molecule is CC1CC(C)(C)N(C)c2ccc(N=Nc3nc4sc(/C=C5/NC(=O)SC5=O)cc4s3)cc21. The lowest BCUT2D eigenvalue weighted by atomic mass is 9.80. The number of thiophene rings is 1. The number of hydrogen-bond acceptors (Lipinski definition) is 9. The Morgan fingerprint density at radius 2 is 2.03 bits per heavy atom. The molecule has 2 aromatic heterocycles.